The average Bonchev–Trinajstić information content (AvgIpc) is 2.39. The number of rotatable bonds is 4. The molecule has 1 unspecified atom stereocenters. The molecular weight excluding hydrogens is 238 g/mol. The van der Waals surface area contributed by atoms with Crippen molar-refractivity contribution in [2.45, 2.75) is 6.04 Å². The number of carbonyl (C=O) groups is 2. The Hall–Kier alpha value is -2.12. The van der Waals surface area contributed by atoms with Crippen molar-refractivity contribution in [3.8, 4) is 0 Å². The van der Waals surface area contributed by atoms with Crippen LogP contribution in [0.15, 0.2) is 18.2 Å². The Bertz CT molecular complexity index is 462. The van der Waals surface area contributed by atoms with Gasteiger partial charge in [-0.15, -0.1) is 0 Å². The molecule has 0 fully saturated rings. The molecule has 18 heavy (non-hydrogen) atoms. The number of aliphatic hydroxyl groups excluding tert-OH is 1. The molecule has 7 heteroatoms. The third kappa shape index (κ3) is 3.19. The molecule has 0 saturated carbocycles. The Morgan fingerprint density at radius 1 is 1.50 bits per heavy atom. The van der Waals surface area contributed by atoms with Gasteiger partial charge in [0, 0.05) is 0 Å². The molecule has 0 saturated heterocycles. The molecule has 0 aliphatic heterocycles. The lowest BCUT2D eigenvalue weighted by Crippen LogP contribution is -2.38. The van der Waals surface area contributed by atoms with Crippen LogP contribution in [0, 0.1) is 0 Å². The van der Waals surface area contributed by atoms with Crippen LogP contribution in [0.5, 0.6) is 0 Å². The zero-order valence-corrected chi connectivity index (χ0v) is 9.84. The summed E-state index contributed by atoms with van der Waals surface area (Å²) < 4.78 is 4.55. The Labute approximate surface area is 104 Å². The molecule has 1 atom stereocenters. The molecule has 7 nitrogen and oxygen atoms in total. The molecule has 0 bridgehead atoms. The first-order chi connectivity index (χ1) is 8.49. The Morgan fingerprint density at radius 2 is 2.17 bits per heavy atom. The van der Waals surface area contributed by atoms with Crippen LogP contribution >= 0.6 is 0 Å². The summed E-state index contributed by atoms with van der Waals surface area (Å²) >= 11 is 0. The number of nitrogens with one attached hydrogen (secondary N) is 1. The van der Waals surface area contributed by atoms with Crippen molar-refractivity contribution < 1.29 is 19.4 Å². The monoisotopic (exact) mass is 253 g/mol. The van der Waals surface area contributed by atoms with Crippen LogP contribution in [0.3, 0.4) is 0 Å². The Balaban J connectivity index is 2.94. The predicted octanol–water partition coefficient (Wildman–Crippen LogP) is -0.686. The number of methoxy groups -OCH3 is 1. The first-order valence-corrected chi connectivity index (χ1v) is 5.14. The Kier molecular flexibility index (Phi) is 4.64. The average molecular weight is 253 g/mol. The van der Waals surface area contributed by atoms with E-state index in [9.17, 15) is 9.59 Å². The van der Waals surface area contributed by atoms with Gasteiger partial charge in [0.1, 0.15) is 6.04 Å². The number of anilines is 2. The maximum Gasteiger partial charge on any atom is 0.337 e. The topological polar surface area (TPSA) is 128 Å². The minimum absolute atomic E-state index is 0.242. The van der Waals surface area contributed by atoms with E-state index in [0.717, 1.165) is 0 Å². The van der Waals surface area contributed by atoms with Gasteiger partial charge in [-0.3, -0.25) is 4.79 Å². The van der Waals surface area contributed by atoms with Crippen LogP contribution < -0.4 is 16.8 Å². The van der Waals surface area contributed by atoms with Gasteiger partial charge in [-0.2, -0.15) is 0 Å². The first kappa shape index (κ1) is 13.9. The van der Waals surface area contributed by atoms with E-state index in [-0.39, 0.29) is 16.9 Å². The maximum atomic E-state index is 11.5. The lowest BCUT2D eigenvalue weighted by Gasteiger charge is -2.12. The van der Waals surface area contributed by atoms with E-state index in [0.29, 0.717) is 0 Å². The van der Waals surface area contributed by atoms with Crippen molar-refractivity contribution in [1.29, 1.82) is 0 Å². The minimum atomic E-state index is -1.05. The van der Waals surface area contributed by atoms with Gasteiger partial charge in [-0.05, 0) is 18.2 Å². The second-order valence-corrected chi connectivity index (χ2v) is 3.57. The van der Waals surface area contributed by atoms with Gasteiger partial charge in [-0.25, -0.2) is 4.79 Å². The molecule has 98 valence electrons. The number of hydrogen-bond donors (Lipinski definition) is 4. The van der Waals surface area contributed by atoms with Crippen LogP contribution in [0.4, 0.5) is 11.4 Å². The fourth-order valence-electron chi connectivity index (χ4n) is 1.22. The third-order valence-electron chi connectivity index (χ3n) is 2.27. The molecule has 1 aromatic rings. The summed E-state index contributed by atoms with van der Waals surface area (Å²) in [6.45, 7) is -0.484. The summed E-state index contributed by atoms with van der Waals surface area (Å²) in [5.41, 5.74) is 11.8. The second kappa shape index (κ2) is 5.99. The van der Waals surface area contributed by atoms with E-state index in [4.69, 9.17) is 16.6 Å². The van der Waals surface area contributed by atoms with Crippen molar-refractivity contribution in [1.82, 2.24) is 0 Å². The highest BCUT2D eigenvalue weighted by atomic mass is 16.5. The summed E-state index contributed by atoms with van der Waals surface area (Å²) in [6.07, 6.45) is 0. The summed E-state index contributed by atoms with van der Waals surface area (Å²) in [5.74, 6) is -1.14. The highest BCUT2D eigenvalue weighted by Gasteiger charge is 2.15. The van der Waals surface area contributed by atoms with Crippen molar-refractivity contribution in [2.75, 3.05) is 24.8 Å². The zero-order chi connectivity index (χ0) is 13.7. The summed E-state index contributed by atoms with van der Waals surface area (Å²) in [5, 5.41) is 11.2. The number of nitrogen functional groups attached to an aromatic ring is 1. The third-order valence-corrected chi connectivity index (χ3v) is 2.27. The zero-order valence-electron chi connectivity index (χ0n) is 9.84. The van der Waals surface area contributed by atoms with Crippen LogP contribution in [0.2, 0.25) is 0 Å². The Morgan fingerprint density at radius 3 is 2.72 bits per heavy atom. The highest BCUT2D eigenvalue weighted by Crippen LogP contribution is 2.20. The summed E-state index contributed by atoms with van der Waals surface area (Å²) in [4.78, 5) is 22.8. The number of benzene rings is 1. The molecule has 1 aromatic carbocycles. The van der Waals surface area contributed by atoms with E-state index in [1.165, 1.54) is 25.3 Å². The SMILES string of the molecule is COC(=O)c1ccc(N)c(NC(=O)C(N)CO)c1. The van der Waals surface area contributed by atoms with Crippen molar-refractivity contribution in [3.63, 3.8) is 0 Å². The number of amides is 1. The molecule has 0 aromatic heterocycles. The molecular formula is C11H15N3O4. The van der Waals surface area contributed by atoms with E-state index < -0.39 is 24.5 Å². The fraction of sp³-hybridized carbons (Fsp3) is 0.273. The van der Waals surface area contributed by atoms with Gasteiger partial charge in [0.15, 0.2) is 0 Å². The minimum Gasteiger partial charge on any atom is -0.465 e. The number of aliphatic hydroxyl groups is 1. The molecule has 1 amide bonds. The van der Waals surface area contributed by atoms with Crippen molar-refractivity contribution in [3.05, 3.63) is 23.8 Å². The van der Waals surface area contributed by atoms with Gasteiger partial charge >= 0.3 is 5.97 Å². The number of esters is 1. The predicted molar refractivity (Wildman–Crippen MR) is 65.9 cm³/mol. The highest BCUT2D eigenvalue weighted by molar-refractivity contribution is 5.99. The fourth-order valence-corrected chi connectivity index (χ4v) is 1.22. The van der Waals surface area contributed by atoms with Crippen LogP contribution in [0.25, 0.3) is 0 Å². The van der Waals surface area contributed by atoms with Gasteiger partial charge in [-0.1, -0.05) is 0 Å². The number of hydrogen-bond acceptors (Lipinski definition) is 6. The lowest BCUT2D eigenvalue weighted by molar-refractivity contribution is -0.118. The molecule has 0 heterocycles. The van der Waals surface area contributed by atoms with Crippen LogP contribution in [-0.2, 0) is 9.53 Å². The molecule has 1 rings (SSSR count). The molecule has 6 N–H and O–H groups in total. The summed E-state index contributed by atoms with van der Waals surface area (Å²) in [7, 11) is 1.25. The largest absolute Gasteiger partial charge is 0.465 e. The number of ether oxygens (including phenoxy) is 1. The normalized spacial score (nSPS) is 11.7. The lowest BCUT2D eigenvalue weighted by atomic mass is 10.1. The molecule has 0 aliphatic rings. The van der Waals surface area contributed by atoms with Gasteiger partial charge in [0.2, 0.25) is 5.91 Å². The van der Waals surface area contributed by atoms with E-state index in [2.05, 4.69) is 10.1 Å². The van der Waals surface area contributed by atoms with Crippen LogP contribution in [0.1, 0.15) is 10.4 Å². The second-order valence-electron chi connectivity index (χ2n) is 3.57. The molecule has 0 aliphatic carbocycles. The van der Waals surface area contributed by atoms with Crippen LogP contribution in [-0.4, -0.2) is 36.7 Å². The molecule has 0 radical (unpaired) electrons. The first-order valence-electron chi connectivity index (χ1n) is 5.14. The smallest absolute Gasteiger partial charge is 0.337 e. The van der Waals surface area contributed by atoms with E-state index in [1.807, 2.05) is 0 Å². The van der Waals surface area contributed by atoms with Gasteiger partial charge in [0.05, 0.1) is 30.7 Å². The quantitative estimate of drug-likeness (QED) is 0.415. The van der Waals surface area contributed by atoms with Gasteiger partial charge in [0.25, 0.3) is 0 Å². The summed E-state index contributed by atoms with van der Waals surface area (Å²) in [6, 6.07) is 3.27. The molecule has 0 spiro atoms. The van der Waals surface area contributed by atoms with E-state index >= 15 is 0 Å². The van der Waals surface area contributed by atoms with Gasteiger partial charge < -0.3 is 26.6 Å². The number of nitrogens with two attached hydrogens (primary N) is 2. The number of carbonyl (C=O) groups excluding carboxylic acids is 2. The van der Waals surface area contributed by atoms with Crippen molar-refractivity contribution >= 4 is 23.3 Å². The maximum absolute atomic E-state index is 11.5. The van der Waals surface area contributed by atoms with Crippen molar-refractivity contribution in [2.24, 2.45) is 5.73 Å². The standard InChI is InChI=1S/C11H15N3O4/c1-18-11(17)6-2-3-7(12)9(4-6)14-10(16)8(13)5-15/h2-4,8,15H,5,12-13H2,1H3,(H,14,16). The van der Waals surface area contributed by atoms with E-state index in [1.54, 1.807) is 0 Å².